The minimum atomic E-state index is 0.310. The molecule has 0 aliphatic carbocycles. The molecule has 0 aliphatic rings. The first-order valence-corrected chi connectivity index (χ1v) is 13.2. The molecule has 0 unspecified atom stereocenters. The largest absolute Gasteiger partial charge is 0.508 e. The highest BCUT2D eigenvalue weighted by Crippen LogP contribution is 2.30. The van der Waals surface area contributed by atoms with Gasteiger partial charge >= 0.3 is 0 Å². The van der Waals surface area contributed by atoms with Gasteiger partial charge in [-0.1, -0.05) is 117 Å². The molecule has 30 heavy (non-hydrogen) atoms. The fourth-order valence-electron chi connectivity index (χ4n) is 4.37. The van der Waals surface area contributed by atoms with Gasteiger partial charge in [0.2, 0.25) is 0 Å². The zero-order valence-electron chi connectivity index (χ0n) is 20.2. The van der Waals surface area contributed by atoms with Gasteiger partial charge in [0.15, 0.2) is 0 Å². The summed E-state index contributed by atoms with van der Waals surface area (Å²) >= 11 is 0. The third-order valence-corrected chi connectivity index (χ3v) is 6.35. The van der Waals surface area contributed by atoms with Crippen molar-refractivity contribution in [3.63, 3.8) is 0 Å². The van der Waals surface area contributed by atoms with E-state index in [1.54, 1.807) is 12.1 Å². The molecule has 0 atom stereocenters. The van der Waals surface area contributed by atoms with Crippen molar-refractivity contribution in [1.29, 1.82) is 0 Å². The highest BCUT2D eigenvalue weighted by atomic mass is 16.3. The van der Waals surface area contributed by atoms with Crippen LogP contribution in [0, 0.1) is 0 Å². The molecule has 0 spiro atoms. The van der Waals surface area contributed by atoms with Crippen LogP contribution < -0.4 is 0 Å². The van der Waals surface area contributed by atoms with Gasteiger partial charge in [0.1, 0.15) is 11.5 Å². The number of aromatic hydroxyl groups is 2. The van der Waals surface area contributed by atoms with Crippen molar-refractivity contribution in [1.82, 2.24) is 0 Å². The van der Waals surface area contributed by atoms with Crippen LogP contribution in [0.4, 0.5) is 0 Å². The Morgan fingerprint density at radius 3 is 1.10 bits per heavy atom. The molecule has 0 bridgehead atoms. The minimum absolute atomic E-state index is 0.310. The number of benzene rings is 1. The molecule has 0 saturated carbocycles. The Hall–Kier alpha value is -1.18. The average molecular weight is 419 g/mol. The molecule has 1 rings (SSSR count). The van der Waals surface area contributed by atoms with Gasteiger partial charge in [-0.3, -0.25) is 0 Å². The Morgan fingerprint density at radius 1 is 0.467 bits per heavy atom. The van der Waals surface area contributed by atoms with E-state index >= 15 is 0 Å². The van der Waals surface area contributed by atoms with Gasteiger partial charge in [0, 0.05) is 0 Å². The van der Waals surface area contributed by atoms with Crippen LogP contribution in [0.15, 0.2) is 12.1 Å². The first-order valence-electron chi connectivity index (χ1n) is 13.2. The molecule has 2 heteroatoms. The highest BCUT2D eigenvalue weighted by Gasteiger charge is 2.10. The van der Waals surface area contributed by atoms with Crippen molar-refractivity contribution in [3.8, 4) is 11.5 Å². The SMILES string of the molecule is CCCCCCCCCCCc1cc(O)cc(CCCCCCCCCCC)c1O. The predicted molar refractivity (Wildman–Crippen MR) is 132 cm³/mol. The molecule has 2 N–H and O–H groups in total. The van der Waals surface area contributed by atoms with Gasteiger partial charge in [0.05, 0.1) is 0 Å². The zero-order chi connectivity index (χ0) is 21.9. The van der Waals surface area contributed by atoms with E-state index in [1.165, 1.54) is 103 Å². The van der Waals surface area contributed by atoms with E-state index in [0.29, 0.717) is 11.5 Å². The second kappa shape index (κ2) is 18.6. The normalized spacial score (nSPS) is 11.3. The summed E-state index contributed by atoms with van der Waals surface area (Å²) in [5.74, 6) is 0.747. The van der Waals surface area contributed by atoms with Crippen LogP contribution in [-0.4, -0.2) is 10.2 Å². The fraction of sp³-hybridized carbons (Fsp3) is 0.786. The molecule has 0 amide bonds. The van der Waals surface area contributed by atoms with E-state index in [4.69, 9.17) is 0 Å². The van der Waals surface area contributed by atoms with Gasteiger partial charge in [-0.2, -0.15) is 0 Å². The van der Waals surface area contributed by atoms with Crippen LogP contribution in [0.1, 0.15) is 141 Å². The lowest BCUT2D eigenvalue weighted by Gasteiger charge is -2.11. The lowest BCUT2D eigenvalue weighted by atomic mass is 9.98. The molecule has 174 valence electrons. The van der Waals surface area contributed by atoms with Gasteiger partial charge in [0.25, 0.3) is 0 Å². The molecular formula is C28H50O2. The third-order valence-electron chi connectivity index (χ3n) is 6.35. The summed E-state index contributed by atoms with van der Waals surface area (Å²) in [4.78, 5) is 0. The third kappa shape index (κ3) is 13.2. The number of aryl methyl sites for hydroxylation is 2. The topological polar surface area (TPSA) is 40.5 Å². The van der Waals surface area contributed by atoms with Crippen LogP contribution in [0.5, 0.6) is 11.5 Å². The summed E-state index contributed by atoms with van der Waals surface area (Å²) in [5.41, 5.74) is 1.87. The van der Waals surface area contributed by atoms with E-state index in [2.05, 4.69) is 13.8 Å². The number of phenols is 2. The fourth-order valence-corrected chi connectivity index (χ4v) is 4.37. The van der Waals surface area contributed by atoms with Crippen LogP contribution in [-0.2, 0) is 12.8 Å². The maximum atomic E-state index is 10.6. The molecule has 0 saturated heterocycles. The average Bonchev–Trinajstić information content (AvgIpc) is 2.74. The molecule has 0 heterocycles. The van der Waals surface area contributed by atoms with Crippen molar-refractivity contribution in [2.45, 2.75) is 142 Å². The van der Waals surface area contributed by atoms with Gasteiger partial charge in [-0.25, -0.2) is 0 Å². The standard InChI is InChI=1S/C28H50O2/c1-3-5-7-9-11-13-15-17-19-21-25-23-27(29)24-26(28(25)30)22-20-18-16-14-12-10-8-6-4-2/h23-24,29-30H,3-22H2,1-2H3. The number of unbranched alkanes of at least 4 members (excludes halogenated alkanes) is 16. The van der Waals surface area contributed by atoms with E-state index in [1.807, 2.05) is 0 Å². The van der Waals surface area contributed by atoms with Crippen LogP contribution >= 0.6 is 0 Å². The number of rotatable bonds is 20. The van der Waals surface area contributed by atoms with Gasteiger partial charge in [-0.05, 0) is 48.9 Å². The summed E-state index contributed by atoms with van der Waals surface area (Å²) in [7, 11) is 0. The van der Waals surface area contributed by atoms with Crippen molar-refractivity contribution in [2.75, 3.05) is 0 Å². The van der Waals surface area contributed by atoms with Crippen molar-refractivity contribution >= 4 is 0 Å². The highest BCUT2D eigenvalue weighted by molar-refractivity contribution is 5.46. The van der Waals surface area contributed by atoms with Crippen molar-refractivity contribution in [2.24, 2.45) is 0 Å². The van der Waals surface area contributed by atoms with E-state index < -0.39 is 0 Å². The van der Waals surface area contributed by atoms with Crippen LogP contribution in [0.25, 0.3) is 0 Å². The number of phenolic OH excluding ortho intramolecular Hbond substituents is 2. The Morgan fingerprint density at radius 2 is 0.767 bits per heavy atom. The van der Waals surface area contributed by atoms with E-state index in [9.17, 15) is 10.2 Å². The Labute approximate surface area is 187 Å². The predicted octanol–water partition coefficient (Wildman–Crippen LogP) is 9.24. The smallest absolute Gasteiger partial charge is 0.122 e. The van der Waals surface area contributed by atoms with Crippen molar-refractivity contribution < 1.29 is 10.2 Å². The lowest BCUT2D eigenvalue weighted by molar-refractivity contribution is 0.444. The molecule has 0 radical (unpaired) electrons. The number of hydrogen-bond donors (Lipinski definition) is 2. The Balaban J connectivity index is 2.20. The summed E-state index contributed by atoms with van der Waals surface area (Å²) in [5, 5.41) is 20.7. The van der Waals surface area contributed by atoms with Crippen LogP contribution in [0.2, 0.25) is 0 Å². The molecule has 1 aromatic rings. The summed E-state index contributed by atoms with van der Waals surface area (Å²) in [6.45, 7) is 4.53. The van der Waals surface area contributed by atoms with E-state index in [0.717, 1.165) is 36.8 Å². The zero-order valence-corrected chi connectivity index (χ0v) is 20.2. The Kier molecular flexibility index (Phi) is 16.6. The first kappa shape index (κ1) is 26.9. The monoisotopic (exact) mass is 418 g/mol. The maximum absolute atomic E-state index is 10.6. The molecule has 0 aliphatic heterocycles. The quantitative estimate of drug-likeness (QED) is 0.164. The van der Waals surface area contributed by atoms with Crippen LogP contribution in [0.3, 0.4) is 0 Å². The number of hydrogen-bond acceptors (Lipinski definition) is 2. The van der Waals surface area contributed by atoms with E-state index in [-0.39, 0.29) is 0 Å². The summed E-state index contributed by atoms with van der Waals surface area (Å²) in [6.07, 6.45) is 25.3. The van der Waals surface area contributed by atoms with Gasteiger partial charge in [-0.15, -0.1) is 0 Å². The molecular weight excluding hydrogens is 368 g/mol. The molecule has 0 aromatic heterocycles. The first-order chi connectivity index (χ1) is 14.7. The Bertz CT molecular complexity index is 480. The minimum Gasteiger partial charge on any atom is -0.508 e. The summed E-state index contributed by atoms with van der Waals surface area (Å²) < 4.78 is 0. The second-order valence-electron chi connectivity index (χ2n) is 9.27. The van der Waals surface area contributed by atoms with Crippen molar-refractivity contribution in [3.05, 3.63) is 23.3 Å². The summed E-state index contributed by atoms with van der Waals surface area (Å²) in [6, 6.07) is 3.53. The van der Waals surface area contributed by atoms with Gasteiger partial charge < -0.3 is 10.2 Å². The maximum Gasteiger partial charge on any atom is 0.122 e. The molecule has 2 nitrogen and oxygen atoms in total. The molecule has 1 aromatic carbocycles. The second-order valence-corrected chi connectivity index (χ2v) is 9.27. The lowest BCUT2D eigenvalue weighted by Crippen LogP contribution is -1.94. The molecule has 0 fully saturated rings.